The molecule has 1 aliphatic heterocycles. The highest BCUT2D eigenvalue weighted by Gasteiger charge is 2.60. The second-order valence-corrected chi connectivity index (χ2v) is 7.78. The van der Waals surface area contributed by atoms with E-state index < -0.39 is 5.54 Å². The van der Waals surface area contributed by atoms with Crippen LogP contribution in [0.2, 0.25) is 0 Å². The van der Waals surface area contributed by atoms with Gasteiger partial charge >= 0.3 is 0 Å². The monoisotopic (exact) mass is 358 g/mol. The Balaban J connectivity index is 1.79. The fourth-order valence-electron chi connectivity index (χ4n) is 4.15. The van der Waals surface area contributed by atoms with E-state index in [-0.39, 0.29) is 17.3 Å². The Bertz CT molecular complexity index is 986. The van der Waals surface area contributed by atoms with Gasteiger partial charge < -0.3 is 5.32 Å². The van der Waals surface area contributed by atoms with E-state index in [1.807, 2.05) is 30.3 Å². The van der Waals surface area contributed by atoms with Crippen LogP contribution in [0, 0.1) is 22.2 Å². The zero-order valence-corrected chi connectivity index (χ0v) is 15.5. The Morgan fingerprint density at radius 3 is 2.48 bits per heavy atom. The topological polar surface area (TPSA) is 80.0 Å². The third-order valence-corrected chi connectivity index (χ3v) is 6.25. The van der Waals surface area contributed by atoms with Crippen LogP contribution >= 0.6 is 0 Å². The number of amides is 1. The number of nitrogens with zero attached hydrogens (tertiary/aromatic N) is 2. The van der Waals surface area contributed by atoms with Crippen molar-refractivity contribution in [3.05, 3.63) is 59.7 Å². The van der Waals surface area contributed by atoms with E-state index >= 15 is 0 Å². The van der Waals surface area contributed by atoms with E-state index in [1.165, 1.54) is 4.90 Å². The van der Waals surface area contributed by atoms with E-state index in [0.29, 0.717) is 12.0 Å². The zero-order chi connectivity index (χ0) is 19.2. The summed E-state index contributed by atoms with van der Waals surface area (Å²) in [5.74, 6) is 0.134. The van der Waals surface area contributed by atoms with Crippen LogP contribution in [0.1, 0.15) is 37.3 Å². The average molecular weight is 358 g/mol. The normalized spacial score (nSPS) is 23.5. The fraction of sp³-hybridized carbons (Fsp3) is 0.318. The maximum absolute atomic E-state index is 12.5. The van der Waals surface area contributed by atoms with E-state index in [4.69, 9.17) is 5.41 Å². The second kappa shape index (κ2) is 5.95. The summed E-state index contributed by atoms with van der Waals surface area (Å²) in [6.07, 6.45) is 2.39. The molecule has 0 radical (unpaired) electrons. The van der Waals surface area contributed by atoms with Crippen LogP contribution in [-0.2, 0) is 10.3 Å². The van der Waals surface area contributed by atoms with Crippen molar-refractivity contribution in [1.82, 2.24) is 10.2 Å². The summed E-state index contributed by atoms with van der Waals surface area (Å²) in [5, 5.41) is 20.8. The van der Waals surface area contributed by atoms with Crippen molar-refractivity contribution in [3.8, 4) is 17.2 Å². The van der Waals surface area contributed by atoms with Gasteiger partial charge in [-0.15, -0.1) is 0 Å². The highest BCUT2D eigenvalue weighted by Crippen LogP contribution is 2.61. The van der Waals surface area contributed by atoms with Crippen molar-refractivity contribution in [2.24, 2.45) is 5.41 Å². The molecule has 1 saturated carbocycles. The number of carbonyl (C=O) groups is 1. The van der Waals surface area contributed by atoms with Gasteiger partial charge in [-0.1, -0.05) is 30.3 Å². The summed E-state index contributed by atoms with van der Waals surface area (Å²) in [6, 6.07) is 18.0. The first-order chi connectivity index (χ1) is 12.9. The molecular formula is C22H22N4O. The quantitative estimate of drug-likeness (QED) is 0.861. The average Bonchev–Trinajstić information content (AvgIpc) is 3.48. The molecule has 0 aromatic heterocycles. The van der Waals surface area contributed by atoms with E-state index in [9.17, 15) is 10.1 Å². The Morgan fingerprint density at radius 2 is 1.81 bits per heavy atom. The van der Waals surface area contributed by atoms with Crippen LogP contribution < -0.4 is 5.32 Å². The van der Waals surface area contributed by atoms with Gasteiger partial charge in [0.15, 0.2) is 5.96 Å². The molecule has 2 aromatic carbocycles. The molecule has 1 amide bonds. The molecule has 1 heterocycles. The molecule has 1 spiro atoms. The summed E-state index contributed by atoms with van der Waals surface area (Å²) in [5.41, 5.74) is 3.05. The lowest BCUT2D eigenvalue weighted by atomic mass is 9.74. The molecule has 2 aliphatic rings. The first kappa shape index (κ1) is 17.3. The number of nitrogens with one attached hydrogen (secondary N) is 2. The number of nitriles is 1. The maximum Gasteiger partial charge on any atom is 0.229 e. The number of benzene rings is 2. The van der Waals surface area contributed by atoms with Gasteiger partial charge in [-0.25, -0.2) is 0 Å². The predicted molar refractivity (Wildman–Crippen MR) is 104 cm³/mol. The van der Waals surface area contributed by atoms with E-state index in [2.05, 4.69) is 30.4 Å². The van der Waals surface area contributed by atoms with Gasteiger partial charge in [0.05, 0.1) is 17.2 Å². The minimum absolute atomic E-state index is 0.00778. The summed E-state index contributed by atoms with van der Waals surface area (Å²) >= 11 is 0. The van der Waals surface area contributed by atoms with Gasteiger partial charge in [0.1, 0.15) is 0 Å². The minimum Gasteiger partial charge on any atom is -0.346 e. The molecule has 136 valence electrons. The number of carbonyl (C=O) groups excluding carboxylic acids is 1. The third-order valence-electron chi connectivity index (χ3n) is 6.25. The van der Waals surface area contributed by atoms with Crippen molar-refractivity contribution < 1.29 is 4.79 Å². The maximum atomic E-state index is 12.5. The summed E-state index contributed by atoms with van der Waals surface area (Å²) < 4.78 is 0. The number of hydrogen-bond acceptors (Lipinski definition) is 3. The first-order valence-corrected chi connectivity index (χ1v) is 9.13. The molecule has 1 unspecified atom stereocenters. The van der Waals surface area contributed by atoms with Crippen LogP contribution in [-0.4, -0.2) is 23.8 Å². The van der Waals surface area contributed by atoms with Crippen molar-refractivity contribution in [1.29, 1.82) is 10.7 Å². The van der Waals surface area contributed by atoms with Crippen LogP contribution in [0.4, 0.5) is 0 Å². The van der Waals surface area contributed by atoms with Crippen LogP contribution in [0.3, 0.4) is 0 Å². The van der Waals surface area contributed by atoms with Gasteiger partial charge in [0, 0.05) is 18.9 Å². The highest BCUT2D eigenvalue weighted by atomic mass is 16.2. The fourth-order valence-corrected chi connectivity index (χ4v) is 4.15. The third kappa shape index (κ3) is 2.69. The molecule has 0 bridgehead atoms. The van der Waals surface area contributed by atoms with Crippen molar-refractivity contribution in [3.63, 3.8) is 0 Å². The Morgan fingerprint density at radius 1 is 1.15 bits per heavy atom. The minimum atomic E-state index is -0.493. The lowest BCUT2D eigenvalue weighted by molar-refractivity contribution is -0.127. The molecular weight excluding hydrogens is 336 g/mol. The zero-order valence-electron chi connectivity index (χ0n) is 15.5. The van der Waals surface area contributed by atoms with Crippen molar-refractivity contribution in [2.75, 3.05) is 7.05 Å². The lowest BCUT2D eigenvalue weighted by Gasteiger charge is -2.38. The Labute approximate surface area is 159 Å². The Hall–Kier alpha value is -3.13. The molecule has 27 heavy (non-hydrogen) atoms. The standard InChI is InChI=1S/C22H22N4O/c1-21(22(9-10-22)13-19(27)26(2)20(24)25-21)18-8-4-7-17(12-18)16-6-3-5-15(11-16)14-23/h3-8,11-12H,9-10,13H2,1-2H3,(H2,24,25). The SMILES string of the molecule is CN1C(=N)NC(C)(c2cccc(-c3cccc(C#N)c3)c2)C2(CC2)CC1=O. The molecule has 2 aromatic rings. The van der Waals surface area contributed by atoms with Crippen LogP contribution in [0.5, 0.6) is 0 Å². The van der Waals surface area contributed by atoms with E-state index in [0.717, 1.165) is 29.5 Å². The smallest absolute Gasteiger partial charge is 0.229 e. The van der Waals surface area contributed by atoms with Gasteiger partial charge in [-0.05, 0) is 54.7 Å². The summed E-state index contributed by atoms with van der Waals surface area (Å²) in [4.78, 5) is 13.9. The summed E-state index contributed by atoms with van der Waals surface area (Å²) in [6.45, 7) is 2.10. The molecule has 1 atom stereocenters. The van der Waals surface area contributed by atoms with E-state index in [1.54, 1.807) is 13.1 Å². The van der Waals surface area contributed by atoms with Crippen LogP contribution in [0.15, 0.2) is 48.5 Å². The highest BCUT2D eigenvalue weighted by molar-refractivity contribution is 5.97. The second-order valence-electron chi connectivity index (χ2n) is 7.78. The molecule has 2 N–H and O–H groups in total. The molecule has 5 heteroatoms. The van der Waals surface area contributed by atoms with Gasteiger partial charge in [-0.3, -0.25) is 15.1 Å². The van der Waals surface area contributed by atoms with Crippen molar-refractivity contribution >= 4 is 11.9 Å². The predicted octanol–water partition coefficient (Wildman–Crippen LogP) is 3.61. The van der Waals surface area contributed by atoms with Gasteiger partial charge in [0.2, 0.25) is 5.91 Å². The number of guanidine groups is 1. The molecule has 5 nitrogen and oxygen atoms in total. The molecule has 2 fully saturated rings. The lowest BCUT2D eigenvalue weighted by Crippen LogP contribution is -2.51. The van der Waals surface area contributed by atoms with Gasteiger partial charge in [0.25, 0.3) is 0 Å². The largest absolute Gasteiger partial charge is 0.346 e. The molecule has 1 aliphatic carbocycles. The van der Waals surface area contributed by atoms with Crippen molar-refractivity contribution in [2.45, 2.75) is 31.7 Å². The summed E-state index contributed by atoms with van der Waals surface area (Å²) in [7, 11) is 1.66. The molecule has 4 rings (SSSR count). The first-order valence-electron chi connectivity index (χ1n) is 9.13. The molecule has 1 saturated heterocycles. The number of hydrogen-bond donors (Lipinski definition) is 2. The Kier molecular flexibility index (Phi) is 3.81. The number of rotatable bonds is 2. The van der Waals surface area contributed by atoms with Gasteiger partial charge in [-0.2, -0.15) is 5.26 Å². The van der Waals surface area contributed by atoms with Crippen LogP contribution in [0.25, 0.3) is 11.1 Å².